The number of nitrogens with zero attached hydrogens (tertiary/aromatic N) is 2. The molecule has 6 heteroatoms. The highest BCUT2D eigenvalue weighted by atomic mass is 35.5. The van der Waals surface area contributed by atoms with Gasteiger partial charge in [-0.15, -0.1) is 11.6 Å². The zero-order valence-corrected chi connectivity index (χ0v) is 11.1. The number of fused-ring (bicyclic) bond motifs is 1. The average Bonchev–Trinajstić information content (AvgIpc) is 2.73. The van der Waals surface area contributed by atoms with E-state index in [1.165, 1.54) is 14.2 Å². The Morgan fingerprint density at radius 2 is 2.17 bits per heavy atom. The first kappa shape index (κ1) is 12.7. The largest absolute Gasteiger partial charge is 0.494 e. The molecular weight excluding hydrogens is 256 g/mol. The highest BCUT2D eigenvalue weighted by Crippen LogP contribution is 2.28. The summed E-state index contributed by atoms with van der Waals surface area (Å²) < 4.78 is 11.8. The van der Waals surface area contributed by atoms with Gasteiger partial charge in [0.05, 0.1) is 31.2 Å². The second kappa shape index (κ2) is 4.86. The lowest BCUT2D eigenvalue weighted by atomic mass is 10.2. The molecule has 0 aliphatic rings. The minimum atomic E-state index is -0.413. The van der Waals surface area contributed by atoms with Crippen LogP contribution < -0.4 is 4.74 Å². The number of ether oxygens (including phenoxy) is 2. The summed E-state index contributed by atoms with van der Waals surface area (Å²) in [5.41, 5.74) is 1.89. The van der Waals surface area contributed by atoms with E-state index in [9.17, 15) is 4.79 Å². The first-order valence-electron chi connectivity index (χ1n) is 5.30. The smallest absolute Gasteiger partial charge is 0.338 e. The average molecular weight is 269 g/mol. The number of alkyl halides is 1. The molecule has 5 nitrogen and oxygen atoms in total. The van der Waals surface area contributed by atoms with Gasteiger partial charge in [0, 0.05) is 7.05 Å². The fourth-order valence-corrected chi connectivity index (χ4v) is 2.05. The van der Waals surface area contributed by atoms with Crippen molar-refractivity contribution in [3.8, 4) is 5.75 Å². The predicted octanol–water partition coefficient (Wildman–Crippen LogP) is 2.11. The van der Waals surface area contributed by atoms with Crippen molar-refractivity contribution in [3.05, 3.63) is 23.5 Å². The van der Waals surface area contributed by atoms with Gasteiger partial charge in [-0.25, -0.2) is 9.78 Å². The summed E-state index contributed by atoms with van der Waals surface area (Å²) >= 11 is 5.81. The molecule has 0 radical (unpaired) electrons. The Labute approximate surface area is 109 Å². The number of halogens is 1. The molecule has 0 saturated heterocycles. The Bertz CT molecular complexity index is 607. The zero-order valence-electron chi connectivity index (χ0n) is 10.4. The van der Waals surface area contributed by atoms with E-state index in [0.717, 1.165) is 5.52 Å². The van der Waals surface area contributed by atoms with Crippen LogP contribution in [0.5, 0.6) is 5.75 Å². The van der Waals surface area contributed by atoms with Crippen LogP contribution in [0, 0.1) is 0 Å². The van der Waals surface area contributed by atoms with Crippen molar-refractivity contribution in [3.63, 3.8) is 0 Å². The molecule has 0 spiro atoms. The number of hydrogen-bond donors (Lipinski definition) is 0. The van der Waals surface area contributed by atoms with E-state index in [-0.39, 0.29) is 0 Å². The highest BCUT2D eigenvalue weighted by Gasteiger charge is 2.16. The third kappa shape index (κ3) is 1.90. The van der Waals surface area contributed by atoms with E-state index in [2.05, 4.69) is 4.98 Å². The van der Waals surface area contributed by atoms with Crippen molar-refractivity contribution < 1.29 is 14.3 Å². The molecule has 0 fully saturated rings. The van der Waals surface area contributed by atoms with Crippen LogP contribution in [0.3, 0.4) is 0 Å². The van der Waals surface area contributed by atoms with Gasteiger partial charge in [0.25, 0.3) is 0 Å². The number of carbonyl (C=O) groups is 1. The van der Waals surface area contributed by atoms with Crippen molar-refractivity contribution in [1.82, 2.24) is 9.55 Å². The Hall–Kier alpha value is -1.75. The molecule has 0 saturated carbocycles. The molecule has 1 aromatic carbocycles. The molecular formula is C12H13ClN2O3. The quantitative estimate of drug-likeness (QED) is 0.632. The number of hydrogen-bond acceptors (Lipinski definition) is 4. The molecule has 18 heavy (non-hydrogen) atoms. The Morgan fingerprint density at radius 3 is 2.72 bits per heavy atom. The summed E-state index contributed by atoms with van der Waals surface area (Å²) in [4.78, 5) is 16.0. The summed E-state index contributed by atoms with van der Waals surface area (Å²) in [6.45, 7) is 0. The minimum absolute atomic E-state index is 0.294. The standard InChI is InChI=1S/C12H13ClN2O3/c1-15-8-4-7(12(16)18-3)5-9(17-2)11(8)14-10(15)6-13/h4-5H,6H2,1-3H3. The van der Waals surface area contributed by atoms with Crippen LogP contribution in [-0.2, 0) is 17.7 Å². The summed E-state index contributed by atoms with van der Waals surface area (Å²) in [5.74, 6) is 1.12. The van der Waals surface area contributed by atoms with Gasteiger partial charge in [-0.2, -0.15) is 0 Å². The number of aromatic nitrogens is 2. The molecule has 0 bridgehead atoms. The first-order chi connectivity index (χ1) is 8.62. The third-order valence-electron chi connectivity index (χ3n) is 2.80. The van der Waals surface area contributed by atoms with Crippen molar-refractivity contribution in [1.29, 1.82) is 0 Å². The van der Waals surface area contributed by atoms with E-state index in [4.69, 9.17) is 21.1 Å². The van der Waals surface area contributed by atoms with Gasteiger partial charge in [0.2, 0.25) is 0 Å². The van der Waals surface area contributed by atoms with E-state index in [1.807, 2.05) is 11.6 Å². The van der Waals surface area contributed by atoms with Gasteiger partial charge >= 0.3 is 5.97 Å². The number of carbonyl (C=O) groups excluding carboxylic acids is 1. The van der Waals surface area contributed by atoms with Crippen LogP contribution in [0.1, 0.15) is 16.2 Å². The normalized spacial score (nSPS) is 10.7. The van der Waals surface area contributed by atoms with Crippen LogP contribution in [0.25, 0.3) is 11.0 Å². The van der Waals surface area contributed by atoms with E-state index >= 15 is 0 Å². The molecule has 2 rings (SSSR count). The van der Waals surface area contributed by atoms with Gasteiger partial charge in [0.15, 0.2) is 0 Å². The maximum atomic E-state index is 11.6. The summed E-state index contributed by atoms with van der Waals surface area (Å²) in [6, 6.07) is 3.33. The zero-order chi connectivity index (χ0) is 13.3. The van der Waals surface area contributed by atoms with E-state index in [0.29, 0.717) is 28.5 Å². The molecule has 96 valence electrons. The number of aryl methyl sites for hydroxylation is 1. The van der Waals surface area contributed by atoms with Crippen molar-refractivity contribution >= 4 is 28.6 Å². The maximum absolute atomic E-state index is 11.6. The Kier molecular flexibility index (Phi) is 3.43. The van der Waals surface area contributed by atoms with Crippen molar-refractivity contribution in [2.24, 2.45) is 7.05 Å². The second-order valence-electron chi connectivity index (χ2n) is 3.76. The second-order valence-corrected chi connectivity index (χ2v) is 4.03. The van der Waals surface area contributed by atoms with Gasteiger partial charge < -0.3 is 14.0 Å². The SMILES string of the molecule is COC(=O)c1cc(OC)c2nc(CCl)n(C)c2c1. The monoisotopic (exact) mass is 268 g/mol. The number of esters is 1. The Balaban J connectivity index is 2.74. The summed E-state index contributed by atoms with van der Waals surface area (Å²) in [7, 11) is 4.71. The van der Waals surface area contributed by atoms with E-state index in [1.54, 1.807) is 12.1 Å². The minimum Gasteiger partial charge on any atom is -0.494 e. The lowest BCUT2D eigenvalue weighted by Gasteiger charge is -2.05. The van der Waals surface area contributed by atoms with Gasteiger partial charge in [-0.1, -0.05) is 0 Å². The number of methoxy groups -OCH3 is 2. The molecule has 0 aliphatic carbocycles. The third-order valence-corrected chi connectivity index (χ3v) is 3.04. The lowest BCUT2D eigenvalue weighted by molar-refractivity contribution is 0.0600. The van der Waals surface area contributed by atoms with Crippen LogP contribution >= 0.6 is 11.6 Å². The first-order valence-corrected chi connectivity index (χ1v) is 5.83. The van der Waals surface area contributed by atoms with Crippen LogP contribution in [-0.4, -0.2) is 29.7 Å². The van der Waals surface area contributed by atoms with Crippen LogP contribution in [0.4, 0.5) is 0 Å². The molecule has 0 amide bonds. The van der Waals surface area contributed by atoms with Crippen LogP contribution in [0.2, 0.25) is 0 Å². The predicted molar refractivity (Wildman–Crippen MR) is 68.2 cm³/mol. The summed E-state index contributed by atoms with van der Waals surface area (Å²) in [5, 5.41) is 0. The summed E-state index contributed by atoms with van der Waals surface area (Å²) in [6.07, 6.45) is 0. The highest BCUT2D eigenvalue weighted by molar-refractivity contribution is 6.17. The number of benzene rings is 1. The maximum Gasteiger partial charge on any atom is 0.338 e. The lowest BCUT2D eigenvalue weighted by Crippen LogP contribution is -2.02. The fourth-order valence-electron chi connectivity index (χ4n) is 1.82. The Morgan fingerprint density at radius 1 is 1.44 bits per heavy atom. The van der Waals surface area contributed by atoms with Crippen LogP contribution in [0.15, 0.2) is 12.1 Å². The van der Waals surface area contributed by atoms with Gasteiger partial charge in [-0.05, 0) is 12.1 Å². The number of rotatable bonds is 3. The van der Waals surface area contributed by atoms with Gasteiger partial charge in [-0.3, -0.25) is 0 Å². The van der Waals surface area contributed by atoms with Gasteiger partial charge in [0.1, 0.15) is 17.1 Å². The molecule has 0 aliphatic heterocycles. The van der Waals surface area contributed by atoms with Crippen molar-refractivity contribution in [2.45, 2.75) is 5.88 Å². The molecule has 1 aromatic heterocycles. The number of imidazole rings is 1. The molecule has 0 N–H and O–H groups in total. The fraction of sp³-hybridized carbons (Fsp3) is 0.333. The molecule has 0 atom stereocenters. The molecule has 0 unspecified atom stereocenters. The topological polar surface area (TPSA) is 53.4 Å². The molecule has 1 heterocycles. The van der Waals surface area contributed by atoms with E-state index < -0.39 is 5.97 Å². The van der Waals surface area contributed by atoms with Crippen molar-refractivity contribution in [2.75, 3.05) is 14.2 Å². The molecule has 2 aromatic rings.